The lowest BCUT2D eigenvalue weighted by atomic mass is 10.1. The van der Waals surface area contributed by atoms with Gasteiger partial charge in [0, 0.05) is 23.0 Å². The van der Waals surface area contributed by atoms with Crippen LogP contribution in [0.5, 0.6) is 0 Å². The van der Waals surface area contributed by atoms with Gasteiger partial charge in [0.15, 0.2) is 0 Å². The summed E-state index contributed by atoms with van der Waals surface area (Å²) < 4.78 is 0. The second-order valence-electron chi connectivity index (χ2n) is 5.31. The molecule has 1 aliphatic heterocycles. The molecule has 0 atom stereocenters. The van der Waals surface area contributed by atoms with E-state index in [4.69, 9.17) is 23.2 Å². The molecule has 0 fully saturated rings. The van der Waals surface area contributed by atoms with E-state index in [-0.39, 0.29) is 18.4 Å². The van der Waals surface area contributed by atoms with Crippen LogP contribution in [0.2, 0.25) is 10.0 Å². The number of carbonyl (C=O) groups excluding carboxylic acids is 2. The van der Waals surface area contributed by atoms with Gasteiger partial charge in [-0.15, -0.1) is 11.8 Å². The summed E-state index contributed by atoms with van der Waals surface area (Å²) in [5.41, 5.74) is 1.70. The smallest absolute Gasteiger partial charge is 0.268 e. The molecule has 25 heavy (non-hydrogen) atoms. The molecule has 1 aromatic carbocycles. The quantitative estimate of drug-likeness (QED) is 0.706. The first-order chi connectivity index (χ1) is 12.0. The average molecular weight is 393 g/mol. The number of thioether (sulfide) groups is 1. The summed E-state index contributed by atoms with van der Waals surface area (Å²) in [6, 6.07) is 8.47. The molecule has 0 saturated carbocycles. The zero-order valence-corrected chi connectivity index (χ0v) is 15.7. The van der Waals surface area contributed by atoms with Crippen molar-refractivity contribution in [2.45, 2.75) is 13.5 Å². The summed E-state index contributed by atoms with van der Waals surface area (Å²) in [4.78, 5) is 31.4. The van der Waals surface area contributed by atoms with Gasteiger partial charge in [-0.05, 0) is 35.6 Å². The van der Waals surface area contributed by atoms with Crippen molar-refractivity contribution >= 4 is 52.4 Å². The Morgan fingerprint density at radius 2 is 1.80 bits per heavy atom. The molecule has 2 aromatic rings. The van der Waals surface area contributed by atoms with E-state index in [1.165, 1.54) is 16.7 Å². The maximum atomic E-state index is 13.0. The summed E-state index contributed by atoms with van der Waals surface area (Å²) in [6.45, 7) is 2.13. The van der Waals surface area contributed by atoms with Gasteiger partial charge in [0.25, 0.3) is 11.8 Å². The van der Waals surface area contributed by atoms with Crippen molar-refractivity contribution in [2.24, 2.45) is 0 Å². The van der Waals surface area contributed by atoms with Gasteiger partial charge in [-0.2, -0.15) is 0 Å². The van der Waals surface area contributed by atoms with Crippen molar-refractivity contribution in [3.63, 3.8) is 0 Å². The predicted octanol–water partition coefficient (Wildman–Crippen LogP) is 4.42. The molecular weight excluding hydrogens is 379 g/mol. The average Bonchev–Trinajstić information content (AvgIpc) is 2.81. The number of amides is 2. The van der Waals surface area contributed by atoms with Crippen LogP contribution in [0.1, 0.15) is 18.1 Å². The number of nitrogens with zero attached hydrogens (tertiary/aromatic N) is 2. The summed E-state index contributed by atoms with van der Waals surface area (Å²) in [7, 11) is 0. The normalized spacial score (nSPS) is 14.6. The molecule has 2 amide bonds. The Labute approximate surface area is 159 Å². The lowest BCUT2D eigenvalue weighted by molar-refractivity contribution is -0.137. The minimum atomic E-state index is -0.345. The molecule has 7 heteroatoms. The van der Waals surface area contributed by atoms with Gasteiger partial charge >= 0.3 is 0 Å². The van der Waals surface area contributed by atoms with E-state index >= 15 is 0 Å². The largest absolute Gasteiger partial charge is 0.269 e. The highest BCUT2D eigenvalue weighted by Crippen LogP contribution is 2.39. The van der Waals surface area contributed by atoms with Crippen LogP contribution in [-0.2, 0) is 16.1 Å². The Hall–Kier alpha value is -1.82. The number of benzene rings is 1. The monoisotopic (exact) mass is 392 g/mol. The van der Waals surface area contributed by atoms with Crippen LogP contribution in [-0.4, -0.2) is 27.5 Å². The molecule has 0 spiro atoms. The van der Waals surface area contributed by atoms with Crippen LogP contribution in [0.15, 0.2) is 47.6 Å². The highest BCUT2D eigenvalue weighted by Gasteiger charge is 2.39. The molecule has 4 nitrogen and oxygen atoms in total. The van der Waals surface area contributed by atoms with Crippen molar-refractivity contribution in [1.29, 1.82) is 0 Å². The van der Waals surface area contributed by atoms with E-state index < -0.39 is 0 Å². The number of hydrogen-bond donors (Lipinski definition) is 0. The molecule has 0 aliphatic carbocycles. The van der Waals surface area contributed by atoms with Gasteiger partial charge in [0.1, 0.15) is 0 Å². The molecule has 3 rings (SSSR count). The topological polar surface area (TPSA) is 50.3 Å². The first-order valence-corrected chi connectivity index (χ1v) is 9.34. The van der Waals surface area contributed by atoms with Crippen molar-refractivity contribution in [3.8, 4) is 0 Å². The van der Waals surface area contributed by atoms with Crippen molar-refractivity contribution in [2.75, 3.05) is 5.75 Å². The Kier molecular flexibility index (Phi) is 5.47. The van der Waals surface area contributed by atoms with E-state index in [0.29, 0.717) is 31.8 Å². The first-order valence-electron chi connectivity index (χ1n) is 7.60. The van der Waals surface area contributed by atoms with Gasteiger partial charge < -0.3 is 0 Å². The number of aromatic nitrogens is 1. The zero-order valence-electron chi connectivity index (χ0n) is 13.3. The second-order valence-corrected chi connectivity index (χ2v) is 7.43. The lowest BCUT2D eigenvalue weighted by Gasteiger charge is -2.15. The van der Waals surface area contributed by atoms with Gasteiger partial charge in [-0.3, -0.25) is 19.5 Å². The Bertz CT molecular complexity index is 869. The Morgan fingerprint density at radius 3 is 2.44 bits per heavy atom. The fourth-order valence-electron chi connectivity index (χ4n) is 2.58. The molecular formula is C18H14Cl2N2O2S. The standard InChI is InChI=1S/C18H14Cl2N2O2S/c1-2-25-16-15(13-4-3-12(19)9-14(13)20)17(23)22(18(16)24)10-11-5-7-21-8-6-11/h3-9H,2,10H2,1H3. The molecule has 0 unspecified atom stereocenters. The van der Waals surface area contributed by atoms with Crippen LogP contribution in [0, 0.1) is 0 Å². The fourth-order valence-corrected chi connectivity index (χ4v) is 3.94. The van der Waals surface area contributed by atoms with E-state index in [1.807, 2.05) is 6.92 Å². The van der Waals surface area contributed by atoms with E-state index in [0.717, 1.165) is 5.56 Å². The summed E-state index contributed by atoms with van der Waals surface area (Å²) in [5.74, 6) is 0.0308. The minimum absolute atomic E-state index is 0.197. The van der Waals surface area contributed by atoms with Crippen molar-refractivity contribution in [1.82, 2.24) is 9.88 Å². The lowest BCUT2D eigenvalue weighted by Crippen LogP contribution is -2.31. The predicted molar refractivity (Wildman–Crippen MR) is 101 cm³/mol. The van der Waals surface area contributed by atoms with Crippen molar-refractivity contribution in [3.05, 3.63) is 68.8 Å². The highest BCUT2D eigenvalue weighted by atomic mass is 35.5. The Morgan fingerprint density at radius 1 is 1.08 bits per heavy atom. The molecule has 1 aliphatic rings. The SMILES string of the molecule is CCSC1=C(c2ccc(Cl)cc2Cl)C(=O)N(Cc2ccncc2)C1=O. The molecule has 0 N–H and O–H groups in total. The third-order valence-corrected chi connectivity index (χ3v) is 5.21. The molecule has 128 valence electrons. The number of rotatable bonds is 5. The zero-order chi connectivity index (χ0) is 18.0. The number of pyridine rings is 1. The van der Waals surface area contributed by atoms with E-state index in [2.05, 4.69) is 4.98 Å². The first kappa shape index (κ1) is 18.0. The summed E-state index contributed by atoms with van der Waals surface area (Å²) >= 11 is 13.6. The summed E-state index contributed by atoms with van der Waals surface area (Å²) in [5, 5.41) is 0.827. The van der Waals surface area contributed by atoms with Crippen LogP contribution in [0.3, 0.4) is 0 Å². The van der Waals surface area contributed by atoms with Crippen LogP contribution in [0.4, 0.5) is 0 Å². The molecule has 0 radical (unpaired) electrons. The van der Waals surface area contributed by atoms with Gasteiger partial charge in [-0.25, -0.2) is 0 Å². The maximum absolute atomic E-state index is 13.0. The van der Waals surface area contributed by atoms with Crippen LogP contribution in [0.25, 0.3) is 5.57 Å². The van der Waals surface area contributed by atoms with Gasteiger partial charge in [0.05, 0.1) is 22.0 Å². The number of hydrogen-bond acceptors (Lipinski definition) is 4. The molecule has 0 saturated heterocycles. The van der Waals surface area contributed by atoms with E-state index in [1.54, 1.807) is 42.7 Å². The number of imide groups is 1. The fraction of sp³-hybridized carbons (Fsp3) is 0.167. The van der Waals surface area contributed by atoms with E-state index in [9.17, 15) is 9.59 Å². The van der Waals surface area contributed by atoms with Gasteiger partial charge in [0.2, 0.25) is 0 Å². The molecule has 2 heterocycles. The van der Waals surface area contributed by atoms with Crippen LogP contribution >= 0.6 is 35.0 Å². The number of halogens is 2. The third-order valence-electron chi connectivity index (χ3n) is 3.70. The third kappa shape index (κ3) is 3.59. The minimum Gasteiger partial charge on any atom is -0.269 e. The highest BCUT2D eigenvalue weighted by molar-refractivity contribution is 8.04. The molecule has 1 aromatic heterocycles. The van der Waals surface area contributed by atoms with Gasteiger partial charge in [-0.1, -0.05) is 36.2 Å². The number of carbonyl (C=O) groups is 2. The maximum Gasteiger partial charge on any atom is 0.268 e. The van der Waals surface area contributed by atoms with Crippen LogP contribution < -0.4 is 0 Å². The summed E-state index contributed by atoms with van der Waals surface area (Å²) in [6.07, 6.45) is 3.26. The van der Waals surface area contributed by atoms with Crippen molar-refractivity contribution < 1.29 is 9.59 Å². The Balaban J connectivity index is 2.02. The molecule has 0 bridgehead atoms. The second kappa shape index (κ2) is 7.60.